The Morgan fingerprint density at radius 2 is 1.75 bits per heavy atom. The van der Waals surface area contributed by atoms with Crippen molar-refractivity contribution in [3.05, 3.63) is 58.3 Å². The van der Waals surface area contributed by atoms with Gasteiger partial charge in [-0.2, -0.15) is 0 Å². The summed E-state index contributed by atoms with van der Waals surface area (Å²) in [7, 11) is 0. The molecule has 1 aromatic carbocycles. The van der Waals surface area contributed by atoms with Crippen LogP contribution in [-0.4, -0.2) is 45.7 Å². The molecule has 1 aliphatic heterocycles. The molecular weight excluding hydrogens is 422 g/mol. The molecule has 1 aliphatic carbocycles. The average Bonchev–Trinajstić information content (AvgIpc) is 3.51. The van der Waals surface area contributed by atoms with Crippen molar-refractivity contribution in [2.24, 2.45) is 0 Å². The SMILES string of the molecule is Nc1cc(N2CCN(c3ccccc3)CC2)nc2c1nc(-c1nccs1)c(=O)n2C1CC1. The minimum absolute atomic E-state index is 0.132. The van der Waals surface area contributed by atoms with Crippen molar-refractivity contribution < 1.29 is 0 Å². The van der Waals surface area contributed by atoms with Crippen molar-refractivity contribution in [3.63, 3.8) is 0 Å². The summed E-state index contributed by atoms with van der Waals surface area (Å²) in [6, 6.07) is 12.5. The summed E-state index contributed by atoms with van der Waals surface area (Å²) in [6.45, 7) is 3.48. The third-order valence-electron chi connectivity index (χ3n) is 6.14. The van der Waals surface area contributed by atoms with Gasteiger partial charge in [-0.3, -0.25) is 9.36 Å². The summed E-state index contributed by atoms with van der Waals surface area (Å²) >= 11 is 1.41. The van der Waals surface area contributed by atoms with Crippen LogP contribution in [0.4, 0.5) is 17.2 Å². The van der Waals surface area contributed by atoms with E-state index in [1.54, 1.807) is 10.8 Å². The first-order valence-electron chi connectivity index (χ1n) is 10.9. The van der Waals surface area contributed by atoms with Crippen molar-refractivity contribution in [3.8, 4) is 10.7 Å². The number of fused-ring (bicyclic) bond motifs is 1. The Morgan fingerprint density at radius 1 is 1.00 bits per heavy atom. The van der Waals surface area contributed by atoms with Gasteiger partial charge in [0.05, 0.1) is 5.69 Å². The minimum atomic E-state index is -0.132. The Hall–Kier alpha value is -3.46. The van der Waals surface area contributed by atoms with E-state index in [2.05, 4.69) is 44.0 Å². The predicted molar refractivity (Wildman–Crippen MR) is 128 cm³/mol. The van der Waals surface area contributed by atoms with E-state index in [0.29, 0.717) is 27.6 Å². The number of nitrogens with zero attached hydrogens (tertiary/aromatic N) is 6. The smallest absolute Gasteiger partial charge is 0.281 e. The average molecular weight is 446 g/mol. The van der Waals surface area contributed by atoms with Crippen molar-refractivity contribution in [1.82, 2.24) is 19.5 Å². The topological polar surface area (TPSA) is 93.2 Å². The van der Waals surface area contributed by atoms with Crippen LogP contribution in [-0.2, 0) is 0 Å². The molecule has 1 saturated carbocycles. The number of rotatable bonds is 4. The summed E-state index contributed by atoms with van der Waals surface area (Å²) in [6.07, 6.45) is 3.63. The van der Waals surface area contributed by atoms with Crippen LogP contribution >= 0.6 is 11.3 Å². The number of benzene rings is 1. The number of nitrogen functional groups attached to an aromatic ring is 1. The van der Waals surface area contributed by atoms with E-state index >= 15 is 0 Å². The first-order chi connectivity index (χ1) is 15.7. The fourth-order valence-electron chi connectivity index (χ4n) is 4.33. The van der Waals surface area contributed by atoms with Gasteiger partial charge in [0.2, 0.25) is 0 Å². The molecule has 32 heavy (non-hydrogen) atoms. The van der Waals surface area contributed by atoms with Gasteiger partial charge in [0, 0.05) is 55.6 Å². The van der Waals surface area contributed by atoms with Gasteiger partial charge in [-0.15, -0.1) is 11.3 Å². The molecule has 6 rings (SSSR count). The maximum Gasteiger partial charge on any atom is 0.281 e. The monoisotopic (exact) mass is 445 g/mol. The van der Waals surface area contributed by atoms with Gasteiger partial charge in [0.25, 0.3) is 5.56 Å². The molecule has 0 radical (unpaired) electrons. The van der Waals surface area contributed by atoms with Crippen LogP contribution in [0.3, 0.4) is 0 Å². The Kier molecular flexibility index (Phi) is 4.57. The summed E-state index contributed by atoms with van der Waals surface area (Å²) in [4.78, 5) is 31.8. The number of para-hydroxylation sites is 1. The first-order valence-corrected chi connectivity index (χ1v) is 11.7. The van der Waals surface area contributed by atoms with Gasteiger partial charge in [0.1, 0.15) is 16.3 Å². The van der Waals surface area contributed by atoms with Crippen LogP contribution in [0.15, 0.2) is 52.8 Å². The number of anilines is 3. The standard InChI is InChI=1S/C23H23N7OS/c24-17-14-18(29-11-9-28(10-12-29)15-4-2-1-3-5-15)26-21-19(17)27-20(22-25-8-13-32-22)23(31)30(21)16-6-7-16/h1-5,8,13-14,16H,6-7,9-12H2,(H2,24,26). The van der Waals surface area contributed by atoms with E-state index in [1.807, 2.05) is 17.5 Å². The Balaban J connectivity index is 1.38. The maximum atomic E-state index is 13.3. The Bertz CT molecular complexity index is 1320. The number of pyridine rings is 1. The van der Waals surface area contributed by atoms with Crippen LogP contribution in [0.25, 0.3) is 21.9 Å². The van der Waals surface area contributed by atoms with Crippen LogP contribution in [0.5, 0.6) is 0 Å². The van der Waals surface area contributed by atoms with Crippen LogP contribution in [0.2, 0.25) is 0 Å². The van der Waals surface area contributed by atoms with E-state index in [1.165, 1.54) is 17.0 Å². The van der Waals surface area contributed by atoms with Crippen LogP contribution in [0, 0.1) is 0 Å². The molecular formula is C23H23N7OS. The molecule has 8 nitrogen and oxygen atoms in total. The highest BCUT2D eigenvalue weighted by molar-refractivity contribution is 7.13. The molecule has 0 bridgehead atoms. The van der Waals surface area contributed by atoms with Gasteiger partial charge >= 0.3 is 0 Å². The number of nitrogens with two attached hydrogens (primary N) is 1. The number of hydrogen-bond acceptors (Lipinski definition) is 8. The second-order valence-corrected chi connectivity index (χ2v) is 9.15. The Labute approximate surface area is 189 Å². The lowest BCUT2D eigenvalue weighted by atomic mass is 10.2. The largest absolute Gasteiger partial charge is 0.397 e. The summed E-state index contributed by atoms with van der Waals surface area (Å²) < 4.78 is 1.79. The lowest BCUT2D eigenvalue weighted by Crippen LogP contribution is -2.46. The molecule has 162 valence electrons. The zero-order chi connectivity index (χ0) is 21.7. The van der Waals surface area contributed by atoms with Gasteiger partial charge in [-0.1, -0.05) is 18.2 Å². The highest BCUT2D eigenvalue weighted by atomic mass is 32.1. The van der Waals surface area contributed by atoms with E-state index in [0.717, 1.165) is 44.8 Å². The molecule has 4 aromatic rings. The molecule has 0 atom stereocenters. The highest BCUT2D eigenvalue weighted by Gasteiger charge is 2.30. The Morgan fingerprint density at radius 3 is 2.44 bits per heavy atom. The molecule has 9 heteroatoms. The summed E-state index contributed by atoms with van der Waals surface area (Å²) in [5.74, 6) is 0.806. The van der Waals surface area contributed by atoms with E-state index < -0.39 is 0 Å². The van der Waals surface area contributed by atoms with E-state index in [9.17, 15) is 4.79 Å². The van der Waals surface area contributed by atoms with Crippen molar-refractivity contribution in [1.29, 1.82) is 0 Å². The van der Waals surface area contributed by atoms with Gasteiger partial charge in [-0.25, -0.2) is 15.0 Å². The third kappa shape index (κ3) is 3.29. The molecule has 2 fully saturated rings. The quantitative estimate of drug-likeness (QED) is 0.516. The van der Waals surface area contributed by atoms with Crippen LogP contribution < -0.4 is 21.1 Å². The highest BCUT2D eigenvalue weighted by Crippen LogP contribution is 2.37. The maximum absolute atomic E-state index is 13.3. The molecule has 2 aliphatic rings. The molecule has 0 spiro atoms. The number of thiazole rings is 1. The third-order valence-corrected chi connectivity index (χ3v) is 6.92. The second kappa shape index (κ2) is 7.59. The molecule has 2 N–H and O–H groups in total. The first kappa shape index (κ1) is 19.2. The van der Waals surface area contributed by atoms with Gasteiger partial charge in [0.15, 0.2) is 11.3 Å². The fraction of sp³-hybridized carbons (Fsp3) is 0.304. The zero-order valence-electron chi connectivity index (χ0n) is 17.5. The number of hydrogen-bond donors (Lipinski definition) is 1. The lowest BCUT2D eigenvalue weighted by molar-refractivity contribution is 0.646. The minimum Gasteiger partial charge on any atom is -0.397 e. The summed E-state index contributed by atoms with van der Waals surface area (Å²) in [5.41, 5.74) is 9.64. The lowest BCUT2D eigenvalue weighted by Gasteiger charge is -2.37. The van der Waals surface area contributed by atoms with E-state index in [-0.39, 0.29) is 11.6 Å². The van der Waals surface area contributed by atoms with Crippen molar-refractivity contribution in [2.75, 3.05) is 41.7 Å². The summed E-state index contributed by atoms with van der Waals surface area (Å²) in [5, 5.41) is 2.47. The van der Waals surface area contributed by atoms with Gasteiger partial charge in [-0.05, 0) is 25.0 Å². The number of piperazine rings is 1. The predicted octanol–water partition coefficient (Wildman–Crippen LogP) is 3.16. The number of aromatic nitrogens is 4. The molecule has 1 saturated heterocycles. The molecule has 3 aromatic heterocycles. The fourth-order valence-corrected chi connectivity index (χ4v) is 4.95. The second-order valence-electron chi connectivity index (χ2n) is 8.26. The molecule has 0 amide bonds. The van der Waals surface area contributed by atoms with E-state index in [4.69, 9.17) is 10.7 Å². The van der Waals surface area contributed by atoms with Crippen molar-refractivity contribution >= 4 is 39.7 Å². The molecule has 0 unspecified atom stereocenters. The zero-order valence-corrected chi connectivity index (χ0v) is 18.3. The van der Waals surface area contributed by atoms with Gasteiger partial charge < -0.3 is 15.5 Å². The van der Waals surface area contributed by atoms with Crippen molar-refractivity contribution in [2.45, 2.75) is 18.9 Å². The molecule has 4 heterocycles. The normalized spacial score (nSPS) is 16.6. The van der Waals surface area contributed by atoms with Crippen LogP contribution in [0.1, 0.15) is 18.9 Å².